The molecular weight excluding hydrogens is 278 g/mol. The standard InChI is InChI=1S/C18H19NO3/c1-12-3-5-15(13(2)7-12)9-18(20)19-10-14-4-6-16-17(8-14)22-11-21-16/h3-8H,9-11H2,1-2H3,(H,19,20). The van der Waals surface area contributed by atoms with Crippen molar-refractivity contribution in [3.63, 3.8) is 0 Å². The number of carbonyl (C=O) groups is 1. The lowest BCUT2D eigenvalue weighted by Gasteiger charge is -2.09. The molecule has 22 heavy (non-hydrogen) atoms. The van der Waals surface area contributed by atoms with Crippen LogP contribution in [0.15, 0.2) is 36.4 Å². The number of amides is 1. The maximum atomic E-state index is 12.1. The second-order valence-corrected chi connectivity index (χ2v) is 5.57. The molecule has 114 valence electrons. The first-order valence-electron chi connectivity index (χ1n) is 7.33. The van der Waals surface area contributed by atoms with Crippen LogP contribution in [0.1, 0.15) is 22.3 Å². The van der Waals surface area contributed by atoms with Gasteiger partial charge in [0.15, 0.2) is 11.5 Å². The highest BCUT2D eigenvalue weighted by atomic mass is 16.7. The molecule has 1 aliphatic rings. The van der Waals surface area contributed by atoms with Crippen LogP contribution < -0.4 is 14.8 Å². The van der Waals surface area contributed by atoms with Gasteiger partial charge >= 0.3 is 0 Å². The molecule has 0 fully saturated rings. The summed E-state index contributed by atoms with van der Waals surface area (Å²) in [5.74, 6) is 1.51. The summed E-state index contributed by atoms with van der Waals surface area (Å²) in [4.78, 5) is 12.1. The molecule has 2 aromatic carbocycles. The average molecular weight is 297 g/mol. The van der Waals surface area contributed by atoms with Crippen LogP contribution in [0.4, 0.5) is 0 Å². The summed E-state index contributed by atoms with van der Waals surface area (Å²) in [7, 11) is 0. The lowest BCUT2D eigenvalue weighted by atomic mass is 10.0. The first-order chi connectivity index (χ1) is 10.6. The van der Waals surface area contributed by atoms with Gasteiger partial charge in [-0.3, -0.25) is 4.79 Å². The van der Waals surface area contributed by atoms with Gasteiger partial charge in [0.25, 0.3) is 0 Å². The fourth-order valence-electron chi connectivity index (χ4n) is 2.53. The number of hydrogen-bond acceptors (Lipinski definition) is 3. The topological polar surface area (TPSA) is 47.6 Å². The molecule has 3 rings (SSSR count). The third kappa shape index (κ3) is 3.22. The molecule has 4 heteroatoms. The minimum absolute atomic E-state index is 0.0182. The molecule has 0 saturated carbocycles. The highest BCUT2D eigenvalue weighted by Crippen LogP contribution is 2.32. The van der Waals surface area contributed by atoms with Gasteiger partial charge in [-0.15, -0.1) is 0 Å². The van der Waals surface area contributed by atoms with Crippen LogP contribution in [0, 0.1) is 13.8 Å². The molecule has 1 aliphatic heterocycles. The molecule has 4 nitrogen and oxygen atoms in total. The second kappa shape index (κ2) is 6.10. The predicted molar refractivity (Wildman–Crippen MR) is 84.0 cm³/mol. The zero-order valence-electron chi connectivity index (χ0n) is 12.8. The number of aryl methyl sites for hydroxylation is 2. The van der Waals surface area contributed by atoms with Gasteiger partial charge in [0.2, 0.25) is 12.7 Å². The van der Waals surface area contributed by atoms with E-state index in [0.717, 1.165) is 28.2 Å². The van der Waals surface area contributed by atoms with Gasteiger partial charge in [0.05, 0.1) is 6.42 Å². The van der Waals surface area contributed by atoms with E-state index in [-0.39, 0.29) is 12.7 Å². The van der Waals surface area contributed by atoms with Crippen molar-refractivity contribution in [2.24, 2.45) is 0 Å². The molecule has 2 aromatic rings. The summed E-state index contributed by atoms with van der Waals surface area (Å²) in [6.07, 6.45) is 0.399. The van der Waals surface area contributed by atoms with E-state index < -0.39 is 0 Å². The van der Waals surface area contributed by atoms with Crippen LogP contribution in [-0.2, 0) is 17.8 Å². The molecular formula is C18H19NO3. The first kappa shape index (κ1) is 14.4. The Balaban J connectivity index is 1.58. The van der Waals surface area contributed by atoms with Gasteiger partial charge in [-0.2, -0.15) is 0 Å². The van der Waals surface area contributed by atoms with Crippen LogP contribution in [-0.4, -0.2) is 12.7 Å². The predicted octanol–water partition coefficient (Wildman–Crippen LogP) is 2.89. The highest BCUT2D eigenvalue weighted by molar-refractivity contribution is 5.79. The molecule has 0 saturated heterocycles. The molecule has 0 atom stereocenters. The van der Waals surface area contributed by atoms with Crippen LogP contribution >= 0.6 is 0 Å². The van der Waals surface area contributed by atoms with Crippen LogP contribution in [0.3, 0.4) is 0 Å². The van der Waals surface area contributed by atoms with E-state index >= 15 is 0 Å². The van der Waals surface area contributed by atoms with Gasteiger partial charge in [-0.1, -0.05) is 29.8 Å². The summed E-state index contributed by atoms with van der Waals surface area (Å²) < 4.78 is 10.6. The number of hydrogen-bond donors (Lipinski definition) is 1. The Hall–Kier alpha value is -2.49. The molecule has 0 bridgehead atoms. The Morgan fingerprint density at radius 1 is 1.09 bits per heavy atom. The largest absolute Gasteiger partial charge is 0.454 e. The van der Waals surface area contributed by atoms with Crippen molar-refractivity contribution in [3.8, 4) is 11.5 Å². The Morgan fingerprint density at radius 3 is 2.73 bits per heavy atom. The number of rotatable bonds is 4. The van der Waals surface area contributed by atoms with E-state index in [1.807, 2.05) is 37.3 Å². The number of fused-ring (bicyclic) bond motifs is 1. The zero-order valence-corrected chi connectivity index (χ0v) is 12.8. The second-order valence-electron chi connectivity index (χ2n) is 5.57. The number of benzene rings is 2. The Labute approximate surface area is 130 Å². The van der Waals surface area contributed by atoms with Gasteiger partial charge in [0.1, 0.15) is 0 Å². The fourth-order valence-corrected chi connectivity index (χ4v) is 2.53. The molecule has 0 spiro atoms. The van der Waals surface area contributed by atoms with Crippen LogP contribution in [0.5, 0.6) is 11.5 Å². The Morgan fingerprint density at radius 2 is 1.91 bits per heavy atom. The summed E-state index contributed by atoms with van der Waals surface area (Å²) in [5, 5.41) is 2.95. The van der Waals surface area contributed by atoms with E-state index in [0.29, 0.717) is 13.0 Å². The van der Waals surface area contributed by atoms with E-state index in [1.165, 1.54) is 5.56 Å². The van der Waals surface area contributed by atoms with E-state index in [2.05, 4.69) is 18.3 Å². The minimum Gasteiger partial charge on any atom is -0.454 e. The molecule has 0 aliphatic carbocycles. The van der Waals surface area contributed by atoms with Crippen molar-refractivity contribution in [3.05, 3.63) is 58.7 Å². The van der Waals surface area contributed by atoms with Crippen LogP contribution in [0.2, 0.25) is 0 Å². The SMILES string of the molecule is Cc1ccc(CC(=O)NCc2ccc3c(c2)OCO3)c(C)c1. The normalized spacial score (nSPS) is 12.3. The third-order valence-corrected chi connectivity index (χ3v) is 3.78. The molecule has 0 unspecified atom stereocenters. The van der Waals surface area contributed by atoms with Crippen molar-refractivity contribution < 1.29 is 14.3 Å². The summed E-state index contributed by atoms with van der Waals surface area (Å²) >= 11 is 0. The van der Waals surface area contributed by atoms with Crippen molar-refractivity contribution >= 4 is 5.91 Å². The van der Waals surface area contributed by atoms with E-state index in [1.54, 1.807) is 0 Å². The molecule has 1 amide bonds. The lowest BCUT2D eigenvalue weighted by Crippen LogP contribution is -2.24. The van der Waals surface area contributed by atoms with Crippen molar-refractivity contribution in [1.82, 2.24) is 5.32 Å². The summed E-state index contributed by atoms with van der Waals surface area (Å²) in [6, 6.07) is 11.9. The maximum absolute atomic E-state index is 12.1. The van der Waals surface area contributed by atoms with Gasteiger partial charge in [-0.05, 0) is 42.7 Å². The fraction of sp³-hybridized carbons (Fsp3) is 0.278. The van der Waals surface area contributed by atoms with E-state index in [4.69, 9.17) is 9.47 Å². The maximum Gasteiger partial charge on any atom is 0.231 e. The first-order valence-corrected chi connectivity index (χ1v) is 7.33. The highest BCUT2D eigenvalue weighted by Gasteiger charge is 2.13. The molecule has 1 N–H and O–H groups in total. The molecule has 0 radical (unpaired) electrons. The lowest BCUT2D eigenvalue weighted by molar-refractivity contribution is -0.120. The van der Waals surface area contributed by atoms with Gasteiger partial charge in [-0.25, -0.2) is 0 Å². The molecule has 1 heterocycles. The zero-order chi connectivity index (χ0) is 15.5. The smallest absolute Gasteiger partial charge is 0.231 e. The summed E-state index contributed by atoms with van der Waals surface area (Å²) in [6.45, 7) is 4.84. The number of ether oxygens (including phenoxy) is 2. The monoisotopic (exact) mass is 297 g/mol. The van der Waals surface area contributed by atoms with Crippen LogP contribution in [0.25, 0.3) is 0 Å². The average Bonchev–Trinajstić information content (AvgIpc) is 2.95. The number of nitrogens with one attached hydrogen (secondary N) is 1. The van der Waals surface area contributed by atoms with Crippen molar-refractivity contribution in [1.29, 1.82) is 0 Å². The summed E-state index contributed by atoms with van der Waals surface area (Å²) in [5.41, 5.74) is 4.42. The Kier molecular flexibility index (Phi) is 4.00. The quantitative estimate of drug-likeness (QED) is 0.944. The third-order valence-electron chi connectivity index (χ3n) is 3.78. The van der Waals surface area contributed by atoms with Gasteiger partial charge < -0.3 is 14.8 Å². The van der Waals surface area contributed by atoms with E-state index in [9.17, 15) is 4.79 Å². The van der Waals surface area contributed by atoms with Crippen molar-refractivity contribution in [2.45, 2.75) is 26.8 Å². The van der Waals surface area contributed by atoms with Gasteiger partial charge in [0, 0.05) is 6.54 Å². The number of carbonyl (C=O) groups excluding carboxylic acids is 1. The minimum atomic E-state index is 0.0182. The van der Waals surface area contributed by atoms with Crippen molar-refractivity contribution in [2.75, 3.05) is 6.79 Å². The Bertz CT molecular complexity index is 709. The molecule has 0 aromatic heterocycles.